The molecule has 1 atom stereocenters. The van der Waals surface area contributed by atoms with Gasteiger partial charge in [0.05, 0.1) is 10.7 Å². The van der Waals surface area contributed by atoms with Crippen molar-refractivity contribution in [2.45, 2.75) is 26.3 Å². The number of halogens is 2. The molecular formula is C13H18Cl2N2O2. The summed E-state index contributed by atoms with van der Waals surface area (Å²) in [5.41, 5.74) is 0.495. The zero-order valence-corrected chi connectivity index (χ0v) is 12.4. The molecule has 2 amide bonds. The Morgan fingerprint density at radius 1 is 1.37 bits per heavy atom. The summed E-state index contributed by atoms with van der Waals surface area (Å²) in [6, 6.07) is 4.41. The number of nitrogens with one attached hydrogen (secondary N) is 2. The van der Waals surface area contributed by atoms with E-state index in [1.807, 2.05) is 13.8 Å². The van der Waals surface area contributed by atoms with Gasteiger partial charge in [-0.2, -0.15) is 0 Å². The lowest BCUT2D eigenvalue weighted by atomic mass is 10.0. The number of rotatable bonds is 5. The minimum atomic E-state index is -0.351. The second-order valence-corrected chi connectivity index (χ2v) is 5.43. The maximum atomic E-state index is 11.8. The van der Waals surface area contributed by atoms with Gasteiger partial charge in [-0.05, 0) is 30.5 Å². The Labute approximate surface area is 123 Å². The topological polar surface area (TPSA) is 61.4 Å². The zero-order valence-electron chi connectivity index (χ0n) is 10.9. The van der Waals surface area contributed by atoms with Gasteiger partial charge in [0.1, 0.15) is 0 Å². The molecule has 0 saturated carbocycles. The van der Waals surface area contributed by atoms with Gasteiger partial charge in [0.2, 0.25) is 0 Å². The molecule has 0 fully saturated rings. The fraction of sp³-hybridized carbons (Fsp3) is 0.462. The van der Waals surface area contributed by atoms with Crippen molar-refractivity contribution in [3.05, 3.63) is 28.2 Å². The summed E-state index contributed by atoms with van der Waals surface area (Å²) in [7, 11) is 0. The molecule has 0 bridgehead atoms. The lowest BCUT2D eigenvalue weighted by Gasteiger charge is -2.21. The Morgan fingerprint density at radius 2 is 2.05 bits per heavy atom. The molecule has 0 aliphatic rings. The van der Waals surface area contributed by atoms with Crippen molar-refractivity contribution in [1.29, 1.82) is 0 Å². The van der Waals surface area contributed by atoms with E-state index in [1.54, 1.807) is 18.2 Å². The molecule has 4 nitrogen and oxygen atoms in total. The van der Waals surface area contributed by atoms with Gasteiger partial charge in [-0.3, -0.25) is 0 Å². The van der Waals surface area contributed by atoms with E-state index in [1.165, 1.54) is 0 Å². The summed E-state index contributed by atoms with van der Waals surface area (Å²) in [6.45, 7) is 4.00. The fourth-order valence-electron chi connectivity index (χ4n) is 1.63. The average molecular weight is 305 g/mol. The smallest absolute Gasteiger partial charge is 0.319 e. The fourth-order valence-corrected chi connectivity index (χ4v) is 2.08. The van der Waals surface area contributed by atoms with E-state index in [4.69, 9.17) is 28.3 Å². The molecule has 0 aliphatic heterocycles. The lowest BCUT2D eigenvalue weighted by Crippen LogP contribution is -2.41. The summed E-state index contributed by atoms with van der Waals surface area (Å²) in [4.78, 5) is 11.8. The number of anilines is 1. The number of aliphatic hydroxyl groups is 1. The van der Waals surface area contributed by atoms with Crippen LogP contribution >= 0.6 is 23.2 Å². The van der Waals surface area contributed by atoms with E-state index in [2.05, 4.69) is 10.6 Å². The summed E-state index contributed by atoms with van der Waals surface area (Å²) >= 11 is 11.7. The van der Waals surface area contributed by atoms with Crippen LogP contribution in [0.4, 0.5) is 10.5 Å². The number of amides is 2. The maximum Gasteiger partial charge on any atom is 0.319 e. The molecule has 106 valence electrons. The quantitative estimate of drug-likeness (QED) is 0.779. The molecule has 0 saturated heterocycles. The third kappa shape index (κ3) is 5.27. The van der Waals surface area contributed by atoms with Crippen molar-refractivity contribution in [2.24, 2.45) is 5.92 Å². The van der Waals surface area contributed by atoms with Crippen LogP contribution < -0.4 is 10.6 Å². The minimum absolute atomic E-state index is 0.0326. The molecule has 3 N–H and O–H groups in total. The second kappa shape index (κ2) is 7.58. The predicted molar refractivity (Wildman–Crippen MR) is 78.9 cm³/mol. The monoisotopic (exact) mass is 304 g/mol. The number of carbonyl (C=O) groups excluding carboxylic acids is 1. The van der Waals surface area contributed by atoms with Crippen LogP contribution in [0.25, 0.3) is 0 Å². The zero-order chi connectivity index (χ0) is 14.4. The SMILES string of the molecule is CC(C)C(CCO)NC(=O)Nc1ccc(Cl)cc1Cl. The van der Waals surface area contributed by atoms with Crippen molar-refractivity contribution >= 4 is 34.9 Å². The Hall–Kier alpha value is -0.970. The highest BCUT2D eigenvalue weighted by Gasteiger charge is 2.16. The Morgan fingerprint density at radius 3 is 2.58 bits per heavy atom. The molecule has 1 aromatic rings. The van der Waals surface area contributed by atoms with Crippen LogP contribution in [0.1, 0.15) is 20.3 Å². The van der Waals surface area contributed by atoms with Gasteiger partial charge in [-0.25, -0.2) is 4.79 Å². The Kier molecular flexibility index (Phi) is 6.42. The van der Waals surface area contributed by atoms with E-state index in [-0.39, 0.29) is 24.6 Å². The van der Waals surface area contributed by atoms with E-state index in [9.17, 15) is 4.79 Å². The molecule has 1 unspecified atom stereocenters. The van der Waals surface area contributed by atoms with Crippen molar-refractivity contribution in [3.8, 4) is 0 Å². The first-order valence-electron chi connectivity index (χ1n) is 6.07. The standard InChI is InChI=1S/C13H18Cl2N2O2/c1-8(2)11(5-6-18)16-13(19)17-12-4-3-9(14)7-10(12)15/h3-4,7-8,11,18H,5-6H2,1-2H3,(H2,16,17,19). The van der Waals surface area contributed by atoms with Crippen LogP contribution in [0.2, 0.25) is 10.0 Å². The van der Waals surface area contributed by atoms with Crippen LogP contribution in [0, 0.1) is 5.92 Å². The average Bonchev–Trinajstić information content (AvgIpc) is 2.32. The highest BCUT2D eigenvalue weighted by Crippen LogP contribution is 2.25. The number of hydrogen-bond acceptors (Lipinski definition) is 2. The van der Waals surface area contributed by atoms with Gasteiger partial charge in [0.15, 0.2) is 0 Å². The van der Waals surface area contributed by atoms with Gasteiger partial charge in [0, 0.05) is 17.7 Å². The molecule has 0 aromatic heterocycles. The Balaban J connectivity index is 2.63. The summed E-state index contributed by atoms with van der Waals surface area (Å²) in [5.74, 6) is 0.235. The van der Waals surface area contributed by atoms with E-state index < -0.39 is 0 Å². The molecule has 6 heteroatoms. The van der Waals surface area contributed by atoms with Crippen molar-refractivity contribution < 1.29 is 9.90 Å². The maximum absolute atomic E-state index is 11.8. The Bertz CT molecular complexity index is 439. The van der Waals surface area contributed by atoms with Crippen LogP contribution in [-0.2, 0) is 0 Å². The number of hydrogen-bond donors (Lipinski definition) is 3. The van der Waals surface area contributed by atoms with Crippen molar-refractivity contribution in [3.63, 3.8) is 0 Å². The molecule has 19 heavy (non-hydrogen) atoms. The van der Waals surface area contributed by atoms with Gasteiger partial charge < -0.3 is 15.7 Å². The summed E-state index contributed by atoms with van der Waals surface area (Å²) in [5, 5.41) is 15.3. The second-order valence-electron chi connectivity index (χ2n) is 4.59. The van der Waals surface area contributed by atoms with Gasteiger partial charge in [0.25, 0.3) is 0 Å². The molecule has 0 aliphatic carbocycles. The van der Waals surface area contributed by atoms with Crippen molar-refractivity contribution in [1.82, 2.24) is 5.32 Å². The number of carbonyl (C=O) groups is 1. The van der Waals surface area contributed by atoms with Crippen LogP contribution in [0.5, 0.6) is 0 Å². The summed E-state index contributed by atoms with van der Waals surface area (Å²) < 4.78 is 0. The first kappa shape index (κ1) is 16.1. The normalized spacial score (nSPS) is 12.3. The highest BCUT2D eigenvalue weighted by atomic mass is 35.5. The third-order valence-corrected chi connectivity index (χ3v) is 3.29. The van der Waals surface area contributed by atoms with E-state index in [0.29, 0.717) is 22.2 Å². The molecular weight excluding hydrogens is 287 g/mol. The first-order valence-corrected chi connectivity index (χ1v) is 6.83. The molecule has 1 rings (SSSR count). The molecule has 0 heterocycles. The van der Waals surface area contributed by atoms with Crippen LogP contribution in [-0.4, -0.2) is 23.8 Å². The first-order chi connectivity index (χ1) is 8.93. The number of aliphatic hydroxyl groups excluding tert-OH is 1. The van der Waals surface area contributed by atoms with Gasteiger partial charge >= 0.3 is 6.03 Å². The summed E-state index contributed by atoms with van der Waals surface area (Å²) in [6.07, 6.45) is 0.513. The van der Waals surface area contributed by atoms with Crippen LogP contribution in [0.15, 0.2) is 18.2 Å². The van der Waals surface area contributed by atoms with Gasteiger partial charge in [-0.1, -0.05) is 37.0 Å². The highest BCUT2D eigenvalue weighted by molar-refractivity contribution is 6.36. The predicted octanol–water partition coefficient (Wildman–Crippen LogP) is 3.52. The van der Waals surface area contributed by atoms with Crippen LogP contribution in [0.3, 0.4) is 0 Å². The molecule has 0 radical (unpaired) electrons. The third-order valence-electron chi connectivity index (χ3n) is 2.74. The largest absolute Gasteiger partial charge is 0.396 e. The minimum Gasteiger partial charge on any atom is -0.396 e. The van der Waals surface area contributed by atoms with E-state index >= 15 is 0 Å². The van der Waals surface area contributed by atoms with E-state index in [0.717, 1.165) is 0 Å². The lowest BCUT2D eigenvalue weighted by molar-refractivity contribution is 0.227. The number of urea groups is 1. The molecule has 1 aromatic carbocycles. The molecule has 0 spiro atoms. The van der Waals surface area contributed by atoms with Gasteiger partial charge in [-0.15, -0.1) is 0 Å². The number of benzene rings is 1. The van der Waals surface area contributed by atoms with Crippen molar-refractivity contribution in [2.75, 3.05) is 11.9 Å².